The molecule has 0 aromatic rings. The van der Waals surface area contributed by atoms with E-state index < -0.39 is 0 Å². The van der Waals surface area contributed by atoms with Gasteiger partial charge in [-0.15, -0.1) is 0 Å². The molecule has 12 heavy (non-hydrogen) atoms. The molecule has 1 aliphatic rings. The zero-order chi connectivity index (χ0) is 8.97. The van der Waals surface area contributed by atoms with E-state index in [9.17, 15) is 0 Å². The predicted molar refractivity (Wildman–Crippen MR) is 57.8 cm³/mol. The van der Waals surface area contributed by atoms with E-state index in [-0.39, 0.29) is 0 Å². The number of rotatable bonds is 3. The summed E-state index contributed by atoms with van der Waals surface area (Å²) in [6.07, 6.45) is 2.81. The largest absolute Gasteiger partial charge is 0.303 e. The van der Waals surface area contributed by atoms with E-state index in [4.69, 9.17) is 0 Å². The van der Waals surface area contributed by atoms with Crippen LogP contribution in [-0.2, 0) is 0 Å². The van der Waals surface area contributed by atoms with Crippen molar-refractivity contribution in [3.05, 3.63) is 0 Å². The van der Waals surface area contributed by atoms with E-state index in [0.29, 0.717) is 0 Å². The van der Waals surface area contributed by atoms with Crippen molar-refractivity contribution < 1.29 is 0 Å². The van der Waals surface area contributed by atoms with Crippen LogP contribution in [-0.4, -0.2) is 29.9 Å². The quantitative estimate of drug-likeness (QED) is 0.679. The Balaban J connectivity index is 2.25. The molecular weight excluding hydrogens is 214 g/mol. The lowest BCUT2D eigenvalue weighted by atomic mass is 9.99. The number of likely N-dealkylation sites (tertiary alicyclic amines) is 1. The van der Waals surface area contributed by atoms with Gasteiger partial charge in [0, 0.05) is 18.4 Å². The Morgan fingerprint density at radius 2 is 2.25 bits per heavy atom. The highest BCUT2D eigenvalue weighted by molar-refractivity contribution is 9.09. The summed E-state index contributed by atoms with van der Waals surface area (Å²) in [7, 11) is 0. The third-order valence-corrected chi connectivity index (χ3v) is 3.36. The summed E-state index contributed by atoms with van der Waals surface area (Å²) in [6.45, 7) is 8.52. The molecule has 0 aromatic heterocycles. The van der Waals surface area contributed by atoms with Gasteiger partial charge in [0.25, 0.3) is 0 Å². The summed E-state index contributed by atoms with van der Waals surface area (Å²) in [4.78, 5) is 2.61. The Morgan fingerprint density at radius 1 is 1.50 bits per heavy atom. The molecule has 0 bridgehead atoms. The van der Waals surface area contributed by atoms with Gasteiger partial charge in [0.15, 0.2) is 0 Å². The van der Waals surface area contributed by atoms with Crippen LogP contribution in [0.2, 0.25) is 0 Å². The van der Waals surface area contributed by atoms with Crippen molar-refractivity contribution in [3.63, 3.8) is 0 Å². The van der Waals surface area contributed by atoms with Crippen LogP contribution in [0.25, 0.3) is 0 Å². The van der Waals surface area contributed by atoms with Gasteiger partial charge in [-0.1, -0.05) is 29.8 Å². The second-order valence-corrected chi connectivity index (χ2v) is 4.96. The summed E-state index contributed by atoms with van der Waals surface area (Å²) in [5, 5.41) is 1.18. The van der Waals surface area contributed by atoms with Gasteiger partial charge in [0.05, 0.1) is 0 Å². The Bertz CT molecular complexity index is 125. The highest BCUT2D eigenvalue weighted by Crippen LogP contribution is 2.18. The van der Waals surface area contributed by atoms with Crippen LogP contribution in [0, 0.1) is 11.8 Å². The minimum absolute atomic E-state index is 0.819. The predicted octanol–water partition coefficient (Wildman–Crippen LogP) is 2.75. The molecule has 0 aliphatic carbocycles. The van der Waals surface area contributed by atoms with Crippen molar-refractivity contribution in [2.45, 2.75) is 26.7 Å². The van der Waals surface area contributed by atoms with E-state index in [0.717, 1.165) is 11.8 Å². The molecule has 1 rings (SSSR count). The van der Waals surface area contributed by atoms with Gasteiger partial charge in [-0.05, 0) is 31.2 Å². The SMILES string of the molecule is CC(C)CN1CCCC(CBr)C1. The molecule has 0 amide bonds. The maximum atomic E-state index is 3.58. The highest BCUT2D eigenvalue weighted by Gasteiger charge is 2.18. The monoisotopic (exact) mass is 233 g/mol. The van der Waals surface area contributed by atoms with Gasteiger partial charge in [0.2, 0.25) is 0 Å². The molecule has 2 heteroatoms. The average Bonchev–Trinajstić information content (AvgIpc) is 2.03. The summed E-state index contributed by atoms with van der Waals surface area (Å²) in [5.41, 5.74) is 0. The standard InChI is InChI=1S/C10H20BrN/c1-9(2)7-12-5-3-4-10(6-11)8-12/h9-10H,3-8H2,1-2H3. The van der Waals surface area contributed by atoms with Gasteiger partial charge in [-0.2, -0.15) is 0 Å². The highest BCUT2D eigenvalue weighted by atomic mass is 79.9. The first-order chi connectivity index (χ1) is 5.72. The van der Waals surface area contributed by atoms with E-state index in [1.807, 2.05) is 0 Å². The van der Waals surface area contributed by atoms with E-state index in [1.165, 1.54) is 37.8 Å². The Hall–Kier alpha value is 0.440. The van der Waals surface area contributed by atoms with Gasteiger partial charge >= 0.3 is 0 Å². The van der Waals surface area contributed by atoms with Crippen LogP contribution in [0.15, 0.2) is 0 Å². The summed E-state index contributed by atoms with van der Waals surface area (Å²) in [5.74, 6) is 1.72. The van der Waals surface area contributed by atoms with Gasteiger partial charge in [0.1, 0.15) is 0 Å². The first-order valence-corrected chi connectivity index (χ1v) is 6.13. The molecule has 1 atom stereocenters. The van der Waals surface area contributed by atoms with Crippen molar-refractivity contribution in [3.8, 4) is 0 Å². The molecule has 0 saturated carbocycles. The van der Waals surface area contributed by atoms with Crippen molar-refractivity contribution in [1.82, 2.24) is 4.90 Å². The molecule has 1 aliphatic heterocycles. The lowest BCUT2D eigenvalue weighted by Gasteiger charge is -2.32. The van der Waals surface area contributed by atoms with Crippen LogP contribution in [0.3, 0.4) is 0 Å². The smallest absolute Gasteiger partial charge is 0.00718 e. The third-order valence-electron chi connectivity index (χ3n) is 2.44. The van der Waals surface area contributed by atoms with E-state index >= 15 is 0 Å². The molecule has 72 valence electrons. The number of halogens is 1. The topological polar surface area (TPSA) is 3.24 Å². The molecule has 0 spiro atoms. The molecular formula is C10H20BrN. The second-order valence-electron chi connectivity index (χ2n) is 4.32. The molecule has 0 radical (unpaired) electrons. The van der Waals surface area contributed by atoms with Crippen LogP contribution in [0.5, 0.6) is 0 Å². The van der Waals surface area contributed by atoms with Crippen molar-refractivity contribution in [1.29, 1.82) is 0 Å². The first-order valence-electron chi connectivity index (χ1n) is 5.00. The Kier molecular flexibility index (Phi) is 4.59. The number of alkyl halides is 1. The molecule has 1 heterocycles. The van der Waals surface area contributed by atoms with Crippen molar-refractivity contribution in [2.75, 3.05) is 25.0 Å². The normalized spacial score (nSPS) is 26.5. The van der Waals surface area contributed by atoms with Gasteiger partial charge in [-0.25, -0.2) is 0 Å². The third kappa shape index (κ3) is 3.44. The Morgan fingerprint density at radius 3 is 2.83 bits per heavy atom. The van der Waals surface area contributed by atoms with Crippen LogP contribution < -0.4 is 0 Å². The molecule has 0 aromatic carbocycles. The number of hydrogen-bond acceptors (Lipinski definition) is 1. The summed E-state index contributed by atoms with van der Waals surface area (Å²) < 4.78 is 0. The molecule has 1 fully saturated rings. The van der Waals surface area contributed by atoms with E-state index in [1.54, 1.807) is 0 Å². The molecule has 1 unspecified atom stereocenters. The molecule has 1 nitrogen and oxygen atoms in total. The fourth-order valence-corrected chi connectivity index (χ4v) is 2.49. The zero-order valence-electron chi connectivity index (χ0n) is 8.22. The van der Waals surface area contributed by atoms with Crippen molar-refractivity contribution in [2.24, 2.45) is 11.8 Å². The summed E-state index contributed by atoms with van der Waals surface area (Å²) >= 11 is 3.58. The maximum absolute atomic E-state index is 3.58. The van der Waals surface area contributed by atoms with Crippen LogP contribution in [0.4, 0.5) is 0 Å². The number of piperidine rings is 1. The second kappa shape index (κ2) is 5.23. The molecule has 0 N–H and O–H groups in total. The average molecular weight is 234 g/mol. The van der Waals surface area contributed by atoms with E-state index in [2.05, 4.69) is 34.7 Å². The summed E-state index contributed by atoms with van der Waals surface area (Å²) in [6, 6.07) is 0. The lowest BCUT2D eigenvalue weighted by Crippen LogP contribution is -2.38. The Labute approximate surface area is 84.6 Å². The van der Waals surface area contributed by atoms with Crippen LogP contribution in [0.1, 0.15) is 26.7 Å². The molecule has 1 saturated heterocycles. The minimum atomic E-state index is 0.819. The van der Waals surface area contributed by atoms with Crippen molar-refractivity contribution >= 4 is 15.9 Å². The van der Waals surface area contributed by atoms with Gasteiger partial charge in [-0.3, -0.25) is 0 Å². The number of nitrogens with zero attached hydrogens (tertiary/aromatic N) is 1. The van der Waals surface area contributed by atoms with Gasteiger partial charge < -0.3 is 4.90 Å². The number of hydrogen-bond donors (Lipinski definition) is 0. The maximum Gasteiger partial charge on any atom is 0.00718 e. The van der Waals surface area contributed by atoms with Crippen LogP contribution >= 0.6 is 15.9 Å². The minimum Gasteiger partial charge on any atom is -0.303 e. The lowest BCUT2D eigenvalue weighted by molar-refractivity contribution is 0.169. The fraction of sp³-hybridized carbons (Fsp3) is 1.00. The fourth-order valence-electron chi connectivity index (χ4n) is 1.96. The zero-order valence-corrected chi connectivity index (χ0v) is 9.81. The first kappa shape index (κ1) is 10.5.